The third-order valence-electron chi connectivity index (χ3n) is 4.70. The molecule has 0 spiro atoms. The van der Waals surface area contributed by atoms with Crippen molar-refractivity contribution in [3.05, 3.63) is 52.3 Å². The number of carbonyl (C=O) groups is 3. The van der Waals surface area contributed by atoms with Crippen molar-refractivity contribution in [1.29, 1.82) is 0 Å². The van der Waals surface area contributed by atoms with Gasteiger partial charge in [0.2, 0.25) is 5.91 Å². The van der Waals surface area contributed by atoms with Gasteiger partial charge in [-0.3, -0.25) is 20.4 Å². The number of hydrogen-bond donors (Lipinski definition) is 2. The lowest BCUT2D eigenvalue weighted by Gasteiger charge is -2.10. The third-order valence-corrected chi connectivity index (χ3v) is 5.67. The van der Waals surface area contributed by atoms with Crippen molar-refractivity contribution in [3.63, 3.8) is 0 Å². The average molecular weight is 483 g/mol. The average Bonchev–Trinajstić information content (AvgIpc) is 3.56. The minimum Gasteiger partial charge on any atom is -0.463 e. The van der Waals surface area contributed by atoms with Gasteiger partial charge in [-0.2, -0.15) is 5.10 Å². The fourth-order valence-electron chi connectivity index (χ4n) is 3.17. The summed E-state index contributed by atoms with van der Waals surface area (Å²) in [4.78, 5) is 45.7. The lowest BCUT2D eigenvalue weighted by molar-refractivity contribution is -0.130. The Bertz CT molecular complexity index is 1340. The summed E-state index contributed by atoms with van der Waals surface area (Å²) in [7, 11) is 0. The minimum atomic E-state index is -0.733. The van der Waals surface area contributed by atoms with Gasteiger partial charge in [0, 0.05) is 17.1 Å². The van der Waals surface area contributed by atoms with Crippen LogP contribution in [0.1, 0.15) is 40.9 Å². The lowest BCUT2D eigenvalue weighted by Crippen LogP contribution is -2.44. The molecular weight excluding hydrogens is 460 g/mol. The quantitative estimate of drug-likeness (QED) is 0.302. The molecule has 4 aromatic heterocycles. The van der Waals surface area contributed by atoms with Crippen LogP contribution in [0.5, 0.6) is 0 Å². The Kier molecular flexibility index (Phi) is 6.68. The summed E-state index contributed by atoms with van der Waals surface area (Å²) in [5.41, 5.74) is 6.44. The van der Waals surface area contributed by atoms with Gasteiger partial charge in [-0.15, -0.1) is 11.3 Å². The number of hydrazine groups is 1. The van der Waals surface area contributed by atoms with Crippen LogP contribution in [-0.2, 0) is 20.7 Å². The topological polar surface area (TPSA) is 141 Å². The van der Waals surface area contributed by atoms with E-state index in [2.05, 4.69) is 25.9 Å². The maximum atomic E-state index is 12.9. The van der Waals surface area contributed by atoms with Gasteiger partial charge in [0.05, 0.1) is 29.8 Å². The molecule has 2 N–H and O–H groups in total. The van der Waals surface area contributed by atoms with Gasteiger partial charge in [-0.25, -0.2) is 19.4 Å². The van der Waals surface area contributed by atoms with Gasteiger partial charge in [0.25, 0.3) is 5.91 Å². The molecule has 4 heterocycles. The monoisotopic (exact) mass is 482 g/mol. The van der Waals surface area contributed by atoms with Crippen LogP contribution < -0.4 is 10.9 Å². The first-order valence-corrected chi connectivity index (χ1v) is 11.3. The van der Waals surface area contributed by atoms with Crippen LogP contribution >= 0.6 is 11.3 Å². The third kappa shape index (κ3) is 5.12. The zero-order valence-electron chi connectivity index (χ0n) is 18.7. The first-order chi connectivity index (χ1) is 16.3. The van der Waals surface area contributed by atoms with E-state index in [1.54, 1.807) is 16.8 Å². The van der Waals surface area contributed by atoms with E-state index in [1.165, 1.54) is 29.9 Å². The van der Waals surface area contributed by atoms with Crippen LogP contribution in [0.4, 0.5) is 0 Å². The largest absolute Gasteiger partial charge is 0.463 e. The molecule has 11 nitrogen and oxygen atoms in total. The second-order valence-electron chi connectivity index (χ2n) is 7.68. The van der Waals surface area contributed by atoms with Crippen LogP contribution in [0, 0.1) is 6.92 Å². The van der Waals surface area contributed by atoms with Crippen molar-refractivity contribution in [2.75, 3.05) is 6.61 Å². The molecule has 0 unspecified atom stereocenters. The standard InChI is InChI=1S/C22H22N6O5S/c1-12(2)28-21-15(9-23-28)14(7-16(25-21)17-5-4-6-32-17)22(31)33-10-19(30)27-26-18(29)8-20-24-13(3)11-34-20/h4-7,9,11-12H,8,10H2,1-3H3,(H,26,29)(H,27,30). The number of hydrogen-bond acceptors (Lipinski definition) is 9. The zero-order valence-corrected chi connectivity index (χ0v) is 19.5. The fourth-order valence-corrected chi connectivity index (χ4v) is 3.94. The van der Waals surface area contributed by atoms with Gasteiger partial charge in [0.15, 0.2) is 18.0 Å². The molecule has 0 radical (unpaired) electrons. The van der Waals surface area contributed by atoms with E-state index in [4.69, 9.17) is 9.15 Å². The van der Waals surface area contributed by atoms with Crippen molar-refractivity contribution in [1.82, 2.24) is 30.6 Å². The van der Waals surface area contributed by atoms with E-state index < -0.39 is 24.4 Å². The Morgan fingerprint density at radius 2 is 2.00 bits per heavy atom. The molecule has 12 heteroatoms. The Hall–Kier alpha value is -4.06. The number of amides is 2. The molecule has 4 aromatic rings. The number of fused-ring (bicyclic) bond motifs is 1. The van der Waals surface area contributed by atoms with Crippen LogP contribution in [0.25, 0.3) is 22.5 Å². The van der Waals surface area contributed by atoms with Crippen molar-refractivity contribution in [3.8, 4) is 11.5 Å². The highest BCUT2D eigenvalue weighted by Crippen LogP contribution is 2.27. The van der Waals surface area contributed by atoms with E-state index >= 15 is 0 Å². The van der Waals surface area contributed by atoms with E-state index in [1.807, 2.05) is 26.2 Å². The molecule has 0 aliphatic carbocycles. The predicted molar refractivity (Wildman–Crippen MR) is 123 cm³/mol. The van der Waals surface area contributed by atoms with Crippen LogP contribution in [0.3, 0.4) is 0 Å². The van der Waals surface area contributed by atoms with E-state index in [0.29, 0.717) is 27.5 Å². The molecular formula is C22H22N6O5S. The van der Waals surface area contributed by atoms with Gasteiger partial charge < -0.3 is 9.15 Å². The highest BCUT2D eigenvalue weighted by atomic mass is 32.1. The Balaban J connectivity index is 1.43. The van der Waals surface area contributed by atoms with Crippen molar-refractivity contribution in [2.45, 2.75) is 33.2 Å². The number of furan rings is 1. The molecule has 34 heavy (non-hydrogen) atoms. The second kappa shape index (κ2) is 9.83. The first-order valence-electron chi connectivity index (χ1n) is 10.4. The molecule has 0 aromatic carbocycles. The molecule has 0 saturated heterocycles. The van der Waals surface area contributed by atoms with Gasteiger partial charge in [-0.1, -0.05) is 0 Å². The van der Waals surface area contributed by atoms with E-state index in [0.717, 1.165) is 5.69 Å². The van der Waals surface area contributed by atoms with Crippen molar-refractivity contribution >= 4 is 40.2 Å². The molecule has 0 aliphatic heterocycles. The number of carbonyl (C=O) groups excluding carboxylic acids is 3. The maximum absolute atomic E-state index is 12.9. The number of nitrogens with one attached hydrogen (secondary N) is 2. The normalized spacial score (nSPS) is 11.1. The summed E-state index contributed by atoms with van der Waals surface area (Å²) in [6.45, 7) is 5.13. The first kappa shape index (κ1) is 23.1. The zero-order chi connectivity index (χ0) is 24.2. The smallest absolute Gasteiger partial charge is 0.339 e. The highest BCUT2D eigenvalue weighted by molar-refractivity contribution is 7.09. The summed E-state index contributed by atoms with van der Waals surface area (Å²) < 4.78 is 12.3. The number of nitrogens with zero attached hydrogens (tertiary/aromatic N) is 4. The number of aromatic nitrogens is 4. The molecule has 0 saturated carbocycles. The second-order valence-corrected chi connectivity index (χ2v) is 8.63. The molecule has 0 fully saturated rings. The summed E-state index contributed by atoms with van der Waals surface area (Å²) in [5, 5.41) is 7.28. The van der Waals surface area contributed by atoms with Gasteiger partial charge >= 0.3 is 5.97 Å². The van der Waals surface area contributed by atoms with Crippen LogP contribution in [0.15, 0.2) is 40.5 Å². The van der Waals surface area contributed by atoms with Crippen molar-refractivity contribution < 1.29 is 23.5 Å². The molecule has 0 atom stereocenters. The maximum Gasteiger partial charge on any atom is 0.339 e. The Morgan fingerprint density at radius 3 is 2.68 bits per heavy atom. The number of pyridine rings is 1. The van der Waals surface area contributed by atoms with Gasteiger partial charge in [0.1, 0.15) is 10.7 Å². The minimum absolute atomic E-state index is 0.00315. The molecule has 2 amide bonds. The molecule has 4 rings (SSSR count). The van der Waals surface area contributed by atoms with Gasteiger partial charge in [-0.05, 0) is 39.0 Å². The number of ether oxygens (including phenoxy) is 1. The fraction of sp³-hybridized carbons (Fsp3) is 0.273. The summed E-state index contributed by atoms with van der Waals surface area (Å²) in [5.74, 6) is -1.38. The summed E-state index contributed by atoms with van der Waals surface area (Å²) in [6.07, 6.45) is 3.07. The lowest BCUT2D eigenvalue weighted by atomic mass is 10.1. The molecule has 0 bridgehead atoms. The van der Waals surface area contributed by atoms with Crippen molar-refractivity contribution in [2.24, 2.45) is 0 Å². The number of rotatable bonds is 7. The van der Waals surface area contributed by atoms with Crippen LogP contribution in [-0.4, -0.2) is 44.1 Å². The summed E-state index contributed by atoms with van der Waals surface area (Å²) in [6, 6.07) is 4.98. The predicted octanol–water partition coefficient (Wildman–Crippen LogP) is 2.58. The Labute approximate surface area is 198 Å². The number of aryl methyl sites for hydroxylation is 1. The molecule has 176 valence electrons. The van der Waals surface area contributed by atoms with E-state index in [-0.39, 0.29) is 18.0 Å². The SMILES string of the molecule is Cc1csc(CC(=O)NNC(=O)COC(=O)c2cc(-c3ccco3)nc3c2cnn3C(C)C)n1. The van der Waals surface area contributed by atoms with E-state index in [9.17, 15) is 14.4 Å². The number of thiazole rings is 1. The highest BCUT2D eigenvalue weighted by Gasteiger charge is 2.21. The molecule has 0 aliphatic rings. The Morgan fingerprint density at radius 1 is 1.21 bits per heavy atom. The number of esters is 1. The summed E-state index contributed by atoms with van der Waals surface area (Å²) >= 11 is 1.36. The van der Waals surface area contributed by atoms with Crippen LogP contribution in [0.2, 0.25) is 0 Å².